The van der Waals surface area contributed by atoms with Crippen LogP contribution in [-0.2, 0) is 0 Å². The summed E-state index contributed by atoms with van der Waals surface area (Å²) in [5.74, 6) is 1.01. The fourth-order valence-corrected chi connectivity index (χ4v) is 5.03. The van der Waals surface area contributed by atoms with Crippen LogP contribution in [0.4, 0.5) is 0 Å². The lowest BCUT2D eigenvalue weighted by molar-refractivity contribution is 0.108. The highest BCUT2D eigenvalue weighted by Crippen LogP contribution is 2.41. The molecular formula is C14H24BrN. The molecule has 3 atom stereocenters. The van der Waals surface area contributed by atoms with E-state index in [-0.39, 0.29) is 0 Å². The van der Waals surface area contributed by atoms with E-state index < -0.39 is 0 Å². The van der Waals surface area contributed by atoms with Crippen LogP contribution < -0.4 is 0 Å². The summed E-state index contributed by atoms with van der Waals surface area (Å²) in [4.78, 5) is 3.72. The molecule has 16 heavy (non-hydrogen) atoms. The monoisotopic (exact) mass is 285 g/mol. The minimum atomic E-state index is 0.819. The maximum absolute atomic E-state index is 3.82. The molecule has 0 amide bonds. The third-order valence-corrected chi connectivity index (χ3v) is 5.94. The molecule has 1 heterocycles. The largest absolute Gasteiger partial charge is 0.297 e. The van der Waals surface area contributed by atoms with Crippen molar-refractivity contribution in [1.82, 2.24) is 4.90 Å². The molecule has 2 aliphatic carbocycles. The molecule has 3 fully saturated rings. The minimum Gasteiger partial charge on any atom is -0.297 e. The van der Waals surface area contributed by atoms with E-state index in [0.717, 1.165) is 22.8 Å². The van der Waals surface area contributed by atoms with Gasteiger partial charge in [0.2, 0.25) is 0 Å². The Hall–Kier alpha value is 0.440. The zero-order valence-corrected chi connectivity index (χ0v) is 11.8. The summed E-state index contributed by atoms with van der Waals surface area (Å²) in [5.41, 5.74) is 0. The first-order valence-electron chi connectivity index (χ1n) is 7.24. The quantitative estimate of drug-likeness (QED) is 0.660. The Labute approximate surface area is 108 Å². The second kappa shape index (κ2) is 4.97. The van der Waals surface area contributed by atoms with Crippen LogP contribution in [0.5, 0.6) is 0 Å². The predicted octanol–water partition coefficient (Wildman–Crippen LogP) is 3.96. The molecule has 0 bridgehead atoms. The summed E-state index contributed by atoms with van der Waals surface area (Å²) in [6.07, 6.45) is 13.2. The maximum Gasteiger partial charge on any atom is 0.0149 e. The van der Waals surface area contributed by atoms with Crippen molar-refractivity contribution in [3.8, 4) is 0 Å². The van der Waals surface area contributed by atoms with Gasteiger partial charge in [-0.05, 0) is 51.0 Å². The predicted molar refractivity (Wildman–Crippen MR) is 72.0 cm³/mol. The van der Waals surface area contributed by atoms with Crippen molar-refractivity contribution >= 4 is 15.9 Å². The SMILES string of the molecule is BrC1CCC2[C@H](CCN2C2CCCCC2)C1. The van der Waals surface area contributed by atoms with Crippen molar-refractivity contribution in [3.05, 3.63) is 0 Å². The second-order valence-corrected chi connectivity index (χ2v) is 7.35. The highest BCUT2D eigenvalue weighted by molar-refractivity contribution is 9.09. The van der Waals surface area contributed by atoms with Crippen molar-refractivity contribution in [2.24, 2.45) is 5.92 Å². The van der Waals surface area contributed by atoms with Gasteiger partial charge >= 0.3 is 0 Å². The normalized spacial score (nSPS) is 42.2. The molecule has 0 spiro atoms. The van der Waals surface area contributed by atoms with Gasteiger partial charge < -0.3 is 0 Å². The molecule has 2 heteroatoms. The van der Waals surface area contributed by atoms with E-state index in [1.165, 1.54) is 64.3 Å². The van der Waals surface area contributed by atoms with Crippen molar-refractivity contribution in [2.75, 3.05) is 6.54 Å². The lowest BCUT2D eigenvalue weighted by Crippen LogP contribution is -2.44. The smallest absolute Gasteiger partial charge is 0.0149 e. The van der Waals surface area contributed by atoms with Gasteiger partial charge in [0.25, 0.3) is 0 Å². The fraction of sp³-hybridized carbons (Fsp3) is 1.00. The van der Waals surface area contributed by atoms with Crippen LogP contribution in [0.25, 0.3) is 0 Å². The number of nitrogens with zero attached hydrogens (tertiary/aromatic N) is 1. The maximum atomic E-state index is 3.82. The number of rotatable bonds is 1. The zero-order valence-electron chi connectivity index (χ0n) is 10.2. The number of halogens is 1. The van der Waals surface area contributed by atoms with Gasteiger partial charge in [-0.15, -0.1) is 0 Å². The number of hydrogen-bond acceptors (Lipinski definition) is 1. The van der Waals surface area contributed by atoms with Crippen LogP contribution in [0.3, 0.4) is 0 Å². The zero-order chi connectivity index (χ0) is 11.0. The van der Waals surface area contributed by atoms with Gasteiger partial charge in [0, 0.05) is 16.9 Å². The summed E-state index contributed by atoms with van der Waals surface area (Å²) >= 11 is 3.82. The van der Waals surface area contributed by atoms with Gasteiger partial charge in [-0.3, -0.25) is 4.90 Å². The Balaban J connectivity index is 1.64. The van der Waals surface area contributed by atoms with E-state index >= 15 is 0 Å². The summed E-state index contributed by atoms with van der Waals surface area (Å²) in [6, 6.07) is 1.91. The molecule has 2 saturated carbocycles. The van der Waals surface area contributed by atoms with E-state index in [9.17, 15) is 0 Å². The highest BCUT2D eigenvalue weighted by Gasteiger charge is 2.40. The van der Waals surface area contributed by atoms with E-state index in [4.69, 9.17) is 0 Å². The Morgan fingerprint density at radius 3 is 2.50 bits per heavy atom. The molecule has 3 rings (SSSR count). The average Bonchev–Trinajstić information content (AvgIpc) is 2.73. The first-order chi connectivity index (χ1) is 7.84. The molecule has 1 nitrogen and oxygen atoms in total. The Kier molecular flexibility index (Phi) is 3.58. The number of hydrogen-bond donors (Lipinski definition) is 0. The Morgan fingerprint density at radius 2 is 1.69 bits per heavy atom. The van der Waals surface area contributed by atoms with Crippen LogP contribution in [0.2, 0.25) is 0 Å². The Morgan fingerprint density at radius 1 is 0.875 bits per heavy atom. The van der Waals surface area contributed by atoms with Crippen molar-refractivity contribution < 1.29 is 0 Å². The molecule has 0 N–H and O–H groups in total. The second-order valence-electron chi connectivity index (χ2n) is 6.06. The molecule has 0 aromatic carbocycles. The van der Waals surface area contributed by atoms with Crippen LogP contribution in [0.15, 0.2) is 0 Å². The van der Waals surface area contributed by atoms with Crippen molar-refractivity contribution in [2.45, 2.75) is 74.7 Å². The standard InChI is InChI=1S/C14H24BrN/c15-12-6-7-14-11(10-12)8-9-16(14)13-4-2-1-3-5-13/h11-14H,1-10H2/t11-,12?,14?/m1/s1. The third kappa shape index (κ3) is 2.20. The summed E-state index contributed by atoms with van der Waals surface area (Å²) in [5, 5.41) is 0. The molecule has 1 saturated heterocycles. The van der Waals surface area contributed by atoms with Gasteiger partial charge in [0.15, 0.2) is 0 Å². The summed E-state index contributed by atoms with van der Waals surface area (Å²) < 4.78 is 0. The number of fused-ring (bicyclic) bond motifs is 1. The highest BCUT2D eigenvalue weighted by atomic mass is 79.9. The number of likely N-dealkylation sites (tertiary alicyclic amines) is 1. The van der Waals surface area contributed by atoms with Crippen molar-refractivity contribution in [1.29, 1.82) is 0 Å². The molecule has 2 unspecified atom stereocenters. The molecule has 3 aliphatic rings. The topological polar surface area (TPSA) is 3.24 Å². The summed E-state index contributed by atoms with van der Waals surface area (Å²) in [7, 11) is 0. The van der Waals surface area contributed by atoms with E-state index in [1.807, 2.05) is 0 Å². The first kappa shape index (κ1) is 11.5. The first-order valence-corrected chi connectivity index (χ1v) is 8.16. The molecule has 1 aliphatic heterocycles. The molecule has 0 radical (unpaired) electrons. The summed E-state index contributed by atoms with van der Waals surface area (Å²) in [6.45, 7) is 1.40. The average molecular weight is 286 g/mol. The van der Waals surface area contributed by atoms with Gasteiger partial charge in [-0.25, -0.2) is 0 Å². The third-order valence-electron chi connectivity index (χ3n) is 5.11. The molecule has 0 aromatic rings. The molecule has 0 aromatic heterocycles. The number of alkyl halides is 1. The lowest BCUT2D eigenvalue weighted by atomic mass is 9.84. The van der Waals surface area contributed by atoms with E-state index in [2.05, 4.69) is 20.8 Å². The fourth-order valence-electron chi connectivity index (χ4n) is 4.28. The van der Waals surface area contributed by atoms with E-state index in [1.54, 1.807) is 0 Å². The van der Waals surface area contributed by atoms with Crippen LogP contribution in [0.1, 0.15) is 57.8 Å². The minimum absolute atomic E-state index is 0.819. The van der Waals surface area contributed by atoms with Gasteiger partial charge in [-0.1, -0.05) is 35.2 Å². The van der Waals surface area contributed by atoms with Crippen LogP contribution in [-0.4, -0.2) is 28.4 Å². The van der Waals surface area contributed by atoms with Gasteiger partial charge in [0.1, 0.15) is 0 Å². The van der Waals surface area contributed by atoms with Gasteiger partial charge in [0.05, 0.1) is 0 Å². The van der Waals surface area contributed by atoms with Crippen molar-refractivity contribution in [3.63, 3.8) is 0 Å². The van der Waals surface area contributed by atoms with E-state index in [0.29, 0.717) is 0 Å². The molecule has 92 valence electrons. The van der Waals surface area contributed by atoms with Crippen LogP contribution in [0, 0.1) is 5.92 Å². The van der Waals surface area contributed by atoms with Crippen LogP contribution >= 0.6 is 15.9 Å². The lowest BCUT2D eigenvalue weighted by Gasteiger charge is -2.39. The van der Waals surface area contributed by atoms with Gasteiger partial charge in [-0.2, -0.15) is 0 Å². The Bertz CT molecular complexity index is 237. The molecular weight excluding hydrogens is 262 g/mol.